The van der Waals surface area contributed by atoms with Crippen molar-refractivity contribution < 1.29 is 35.6 Å². The van der Waals surface area contributed by atoms with Gasteiger partial charge < -0.3 is 9.29 Å². The van der Waals surface area contributed by atoms with Crippen LogP contribution in [0.25, 0.3) is 0 Å². The van der Waals surface area contributed by atoms with E-state index >= 15 is 0 Å². The van der Waals surface area contributed by atoms with E-state index in [9.17, 15) is 30.9 Å². The third kappa shape index (κ3) is 7.01. The van der Waals surface area contributed by atoms with Gasteiger partial charge in [0.2, 0.25) is 0 Å². The molecule has 0 amide bonds. The lowest BCUT2D eigenvalue weighted by Crippen LogP contribution is -2.53. The average molecular weight is 608 g/mol. The number of hydrogen-bond donors (Lipinski definition) is 1. The van der Waals surface area contributed by atoms with Crippen LogP contribution in [-0.4, -0.2) is 21.8 Å². The highest BCUT2D eigenvalue weighted by atomic mass is 79.9. The maximum atomic E-state index is 14.8. The van der Waals surface area contributed by atoms with E-state index in [0.717, 1.165) is 18.2 Å². The zero-order valence-electron chi connectivity index (χ0n) is 20.0. The van der Waals surface area contributed by atoms with Crippen molar-refractivity contribution in [2.75, 3.05) is 0 Å². The molecule has 0 saturated carbocycles. The van der Waals surface area contributed by atoms with Crippen molar-refractivity contribution in [3.05, 3.63) is 99.5 Å². The van der Waals surface area contributed by atoms with Gasteiger partial charge in [0, 0.05) is 23.8 Å². The second-order valence-corrected chi connectivity index (χ2v) is 12.1. The number of hydrogen-bond acceptors (Lipinski definition) is 3. The lowest BCUT2D eigenvalue weighted by atomic mass is 9.78. The molecule has 0 aliphatic rings. The third-order valence-electron chi connectivity index (χ3n) is 5.42. The molecule has 37 heavy (non-hydrogen) atoms. The van der Waals surface area contributed by atoms with Crippen molar-refractivity contribution >= 4 is 27.3 Å². The summed E-state index contributed by atoms with van der Waals surface area (Å²) in [6.07, 6.45) is -9.04. The molecule has 0 bridgehead atoms. The molecule has 0 heterocycles. The largest absolute Gasteiger partial charge is 0.598 e. The van der Waals surface area contributed by atoms with Crippen LogP contribution < -0.4 is 9.46 Å². The molecular weight excluding hydrogens is 584 g/mol. The van der Waals surface area contributed by atoms with Crippen LogP contribution in [-0.2, 0) is 23.3 Å². The summed E-state index contributed by atoms with van der Waals surface area (Å²) in [5.41, 5.74) is -0.673. The topological polar surface area (TPSA) is 44.3 Å². The molecule has 0 radical (unpaired) electrons. The van der Waals surface area contributed by atoms with Crippen LogP contribution in [0.4, 0.5) is 26.3 Å². The monoisotopic (exact) mass is 607 g/mol. The normalized spacial score (nSPS) is 14.9. The molecule has 0 aromatic heterocycles. The molecule has 11 heteroatoms. The Balaban J connectivity index is 2.32. The van der Waals surface area contributed by atoms with E-state index < -0.39 is 51.6 Å². The van der Waals surface area contributed by atoms with Gasteiger partial charge in [-0.05, 0) is 77.7 Å². The first-order chi connectivity index (χ1) is 17.1. The molecule has 1 N–H and O–H groups in total. The first-order valence-corrected chi connectivity index (χ1v) is 12.9. The minimum Gasteiger partial charge on any atom is -0.598 e. The van der Waals surface area contributed by atoms with Crippen LogP contribution in [0.15, 0.2) is 71.2 Å². The summed E-state index contributed by atoms with van der Waals surface area (Å²) in [6, 6.07) is 15.2. The van der Waals surface area contributed by atoms with Crippen molar-refractivity contribution in [3.8, 4) is 5.75 Å². The van der Waals surface area contributed by atoms with Gasteiger partial charge in [0.05, 0.1) is 4.47 Å². The second kappa shape index (κ2) is 11.3. The van der Waals surface area contributed by atoms with Crippen LogP contribution >= 0.6 is 15.9 Å². The zero-order chi connectivity index (χ0) is 27.6. The van der Waals surface area contributed by atoms with E-state index in [1.165, 1.54) is 12.1 Å². The van der Waals surface area contributed by atoms with E-state index in [4.69, 9.17) is 0 Å². The molecule has 0 aliphatic carbocycles. The molecule has 3 rings (SSSR count). The number of halogens is 7. The van der Waals surface area contributed by atoms with E-state index in [0.29, 0.717) is 17.2 Å². The number of benzene rings is 3. The molecule has 0 spiro atoms. The molecule has 0 fully saturated rings. The van der Waals surface area contributed by atoms with Gasteiger partial charge in [-0.3, -0.25) is 0 Å². The summed E-state index contributed by atoms with van der Waals surface area (Å²) < 4.78 is 102. The quantitative estimate of drug-likeness (QED) is 0.202. The van der Waals surface area contributed by atoms with Crippen molar-refractivity contribution in [1.82, 2.24) is 4.72 Å². The maximum Gasteiger partial charge on any atom is 0.461 e. The number of rotatable bonds is 9. The summed E-state index contributed by atoms with van der Waals surface area (Å²) in [7, 11) is 0. The summed E-state index contributed by atoms with van der Waals surface area (Å²) in [5, 5.41) is 0. The minimum absolute atomic E-state index is 0.00185. The Hall–Kier alpha value is -2.21. The van der Waals surface area contributed by atoms with Gasteiger partial charge in [-0.2, -0.15) is 17.6 Å². The van der Waals surface area contributed by atoms with Gasteiger partial charge in [-0.15, -0.1) is 4.72 Å². The molecule has 2 unspecified atom stereocenters. The SMILES string of the molecule is CC(C)(C)[S+]([O-])NC(Cc1ccccc1)(c1cc(F)cc(OC(F)(F)C(F)F)c1)c1ccc(F)c(Br)c1. The Labute approximate surface area is 222 Å². The van der Waals surface area contributed by atoms with Gasteiger partial charge in [0.1, 0.15) is 27.7 Å². The van der Waals surface area contributed by atoms with Crippen LogP contribution in [0.1, 0.15) is 37.5 Å². The fourth-order valence-electron chi connectivity index (χ4n) is 3.57. The Bertz CT molecular complexity index is 1230. The molecule has 2 atom stereocenters. The van der Waals surface area contributed by atoms with E-state index in [2.05, 4.69) is 25.4 Å². The Kier molecular flexibility index (Phi) is 8.94. The van der Waals surface area contributed by atoms with Crippen molar-refractivity contribution in [1.29, 1.82) is 0 Å². The minimum atomic E-state index is -4.88. The van der Waals surface area contributed by atoms with E-state index in [-0.39, 0.29) is 16.5 Å². The van der Waals surface area contributed by atoms with Gasteiger partial charge in [-0.1, -0.05) is 36.4 Å². The second-order valence-electron chi connectivity index (χ2n) is 9.32. The highest BCUT2D eigenvalue weighted by molar-refractivity contribution is 9.10. The molecule has 3 nitrogen and oxygen atoms in total. The summed E-state index contributed by atoms with van der Waals surface area (Å²) in [6.45, 7) is 5.06. The number of alkyl halides is 4. The van der Waals surface area contributed by atoms with Crippen LogP contribution in [0.5, 0.6) is 5.75 Å². The molecule has 0 aliphatic heterocycles. The van der Waals surface area contributed by atoms with Gasteiger partial charge in [-0.25, -0.2) is 8.78 Å². The lowest BCUT2D eigenvalue weighted by molar-refractivity contribution is -0.253. The zero-order valence-corrected chi connectivity index (χ0v) is 22.4. The van der Waals surface area contributed by atoms with Crippen LogP contribution in [0.3, 0.4) is 0 Å². The molecule has 3 aromatic carbocycles. The van der Waals surface area contributed by atoms with Gasteiger partial charge in [0.15, 0.2) is 0 Å². The Morgan fingerprint density at radius 2 is 1.59 bits per heavy atom. The molecule has 200 valence electrons. The highest BCUT2D eigenvalue weighted by Crippen LogP contribution is 2.40. The number of ether oxygens (including phenoxy) is 1. The number of nitrogens with one attached hydrogen (secondary N) is 1. The van der Waals surface area contributed by atoms with Crippen LogP contribution in [0, 0.1) is 11.6 Å². The van der Waals surface area contributed by atoms with E-state index in [1.807, 2.05) is 0 Å². The third-order valence-corrected chi connectivity index (χ3v) is 7.67. The van der Waals surface area contributed by atoms with Crippen molar-refractivity contribution in [3.63, 3.8) is 0 Å². The van der Waals surface area contributed by atoms with Gasteiger partial charge >= 0.3 is 12.5 Å². The first-order valence-electron chi connectivity index (χ1n) is 11.0. The Morgan fingerprint density at radius 1 is 0.946 bits per heavy atom. The standard InChI is InChI=1S/C26H24BrF6NO2S/c1-24(2,3)37(35)34-25(15-16-7-5-4-6-8-16,17-9-10-22(29)21(27)13-17)18-11-19(28)14-20(12-18)36-26(32,33)23(30)31/h4-14,23,34H,15H2,1-3H3. The smallest absolute Gasteiger partial charge is 0.461 e. The highest BCUT2D eigenvalue weighted by Gasteiger charge is 2.46. The van der Waals surface area contributed by atoms with Crippen LogP contribution in [0.2, 0.25) is 0 Å². The predicted molar refractivity (Wildman–Crippen MR) is 134 cm³/mol. The van der Waals surface area contributed by atoms with Gasteiger partial charge in [0.25, 0.3) is 0 Å². The predicted octanol–water partition coefficient (Wildman–Crippen LogP) is 7.50. The first kappa shape index (κ1) is 29.3. The van der Waals surface area contributed by atoms with E-state index in [1.54, 1.807) is 51.1 Å². The fraction of sp³-hybridized carbons (Fsp3) is 0.308. The lowest BCUT2D eigenvalue weighted by Gasteiger charge is -2.39. The molecule has 0 saturated heterocycles. The average Bonchev–Trinajstić information content (AvgIpc) is 2.79. The molecular formula is C26H24BrF6NO2S. The summed E-state index contributed by atoms with van der Waals surface area (Å²) in [4.78, 5) is 0. The fourth-order valence-corrected chi connectivity index (χ4v) is 4.88. The summed E-state index contributed by atoms with van der Waals surface area (Å²) in [5.74, 6) is -2.52. The maximum absolute atomic E-state index is 14.8. The van der Waals surface area contributed by atoms with Crippen molar-refractivity contribution in [2.24, 2.45) is 0 Å². The molecule has 3 aromatic rings. The van der Waals surface area contributed by atoms with Crippen molar-refractivity contribution in [2.45, 2.75) is 50.0 Å². The summed E-state index contributed by atoms with van der Waals surface area (Å²) >= 11 is 1.30. The Morgan fingerprint density at radius 3 is 2.16 bits per heavy atom.